The lowest BCUT2D eigenvalue weighted by Gasteiger charge is -2.08. The Morgan fingerprint density at radius 1 is 1.45 bits per heavy atom. The third-order valence-corrected chi connectivity index (χ3v) is 2.36. The average Bonchev–Trinajstić information content (AvgIpc) is 1.98. The predicted octanol–water partition coefficient (Wildman–Crippen LogP) is 4.00. The average molecular weight is 175 g/mol. The highest BCUT2D eigenvalue weighted by Gasteiger charge is 2.01. The van der Waals surface area contributed by atoms with Crippen molar-refractivity contribution in [1.29, 1.82) is 0 Å². The van der Waals surface area contributed by atoms with Crippen molar-refractivity contribution in [2.24, 2.45) is 5.92 Å². The van der Waals surface area contributed by atoms with Gasteiger partial charge in [-0.05, 0) is 32.6 Å². The summed E-state index contributed by atoms with van der Waals surface area (Å²) >= 11 is 5.76. The maximum atomic E-state index is 5.76. The zero-order valence-electron chi connectivity index (χ0n) is 7.86. The highest BCUT2D eigenvalue weighted by Crippen LogP contribution is 2.13. The van der Waals surface area contributed by atoms with Crippen LogP contribution in [0.4, 0.5) is 0 Å². The van der Waals surface area contributed by atoms with Crippen LogP contribution in [0.5, 0.6) is 0 Å². The summed E-state index contributed by atoms with van der Waals surface area (Å²) in [5, 5.41) is 0. The molecule has 66 valence electrons. The highest BCUT2D eigenvalue weighted by atomic mass is 35.5. The Morgan fingerprint density at radius 2 is 2.09 bits per heavy atom. The van der Waals surface area contributed by atoms with Crippen LogP contribution in [0.25, 0.3) is 0 Å². The summed E-state index contributed by atoms with van der Waals surface area (Å²) in [6.07, 6.45) is 5.92. The lowest BCUT2D eigenvalue weighted by molar-refractivity contribution is 0.527. The normalized spacial score (nSPS) is 12.7. The van der Waals surface area contributed by atoms with E-state index in [-0.39, 0.29) is 0 Å². The van der Waals surface area contributed by atoms with E-state index in [1.165, 1.54) is 24.8 Å². The molecule has 0 aliphatic rings. The van der Waals surface area contributed by atoms with Gasteiger partial charge in [0.2, 0.25) is 0 Å². The fourth-order valence-electron chi connectivity index (χ4n) is 0.998. The van der Waals surface area contributed by atoms with Crippen molar-refractivity contribution in [1.82, 2.24) is 0 Å². The fraction of sp³-hybridized carbons (Fsp3) is 0.800. The third kappa shape index (κ3) is 6.43. The third-order valence-electron chi connectivity index (χ3n) is 1.92. The van der Waals surface area contributed by atoms with Crippen molar-refractivity contribution < 1.29 is 0 Å². The molecule has 0 bridgehead atoms. The van der Waals surface area contributed by atoms with Crippen LogP contribution in [0.1, 0.15) is 40.0 Å². The van der Waals surface area contributed by atoms with Crippen molar-refractivity contribution in [3.05, 3.63) is 11.6 Å². The first-order chi connectivity index (χ1) is 5.20. The molecule has 1 atom stereocenters. The molecule has 0 saturated carbocycles. The van der Waals surface area contributed by atoms with Crippen molar-refractivity contribution >= 4 is 11.6 Å². The minimum Gasteiger partial charge on any atom is -0.126 e. The highest BCUT2D eigenvalue weighted by molar-refractivity contribution is 6.18. The summed E-state index contributed by atoms with van der Waals surface area (Å²) in [4.78, 5) is 0. The van der Waals surface area contributed by atoms with E-state index >= 15 is 0 Å². The molecule has 0 nitrogen and oxygen atoms in total. The molecule has 0 radical (unpaired) electrons. The molecule has 0 aromatic carbocycles. The van der Waals surface area contributed by atoms with E-state index in [2.05, 4.69) is 26.8 Å². The van der Waals surface area contributed by atoms with Crippen molar-refractivity contribution in [2.45, 2.75) is 40.0 Å². The minimum atomic E-state index is 0.715. The van der Waals surface area contributed by atoms with Crippen LogP contribution >= 0.6 is 11.6 Å². The van der Waals surface area contributed by atoms with Gasteiger partial charge in [0.05, 0.1) is 0 Å². The second-order valence-corrected chi connectivity index (χ2v) is 3.60. The van der Waals surface area contributed by atoms with E-state index in [1.807, 2.05) is 0 Å². The molecule has 0 fully saturated rings. The largest absolute Gasteiger partial charge is 0.126 e. The second kappa shape index (κ2) is 6.72. The van der Waals surface area contributed by atoms with E-state index in [1.54, 1.807) is 0 Å². The molecule has 0 aliphatic carbocycles. The number of halogens is 1. The van der Waals surface area contributed by atoms with E-state index < -0.39 is 0 Å². The molecule has 0 heterocycles. The number of hydrogen-bond donors (Lipinski definition) is 0. The first kappa shape index (κ1) is 11.0. The van der Waals surface area contributed by atoms with E-state index in [9.17, 15) is 0 Å². The quantitative estimate of drug-likeness (QED) is 0.437. The van der Waals surface area contributed by atoms with Crippen LogP contribution in [0.15, 0.2) is 11.6 Å². The van der Waals surface area contributed by atoms with Gasteiger partial charge in [0.15, 0.2) is 0 Å². The summed E-state index contributed by atoms with van der Waals surface area (Å²) in [7, 11) is 0. The molecule has 0 aromatic rings. The maximum absolute atomic E-state index is 5.76. The predicted molar refractivity (Wildman–Crippen MR) is 53.2 cm³/mol. The Morgan fingerprint density at radius 3 is 2.45 bits per heavy atom. The smallest absolute Gasteiger partial charge is 0.0251 e. The molecule has 0 saturated heterocycles. The summed E-state index contributed by atoms with van der Waals surface area (Å²) in [5.41, 5.74) is 1.41. The van der Waals surface area contributed by atoms with Gasteiger partial charge in [-0.15, -0.1) is 11.6 Å². The lowest BCUT2D eigenvalue weighted by Crippen LogP contribution is -1.98. The Hall–Kier alpha value is 0.0300. The standard InChI is InChI=1S/C10H19Cl/c1-4-10(8-11)7-5-6-9(2)3/h6,10H,4-5,7-8H2,1-3H3. The number of allylic oxidation sites excluding steroid dienone is 2. The molecular formula is C10H19Cl. The SMILES string of the molecule is CCC(CCl)CCC=C(C)C. The van der Waals surface area contributed by atoms with Gasteiger partial charge >= 0.3 is 0 Å². The summed E-state index contributed by atoms with van der Waals surface area (Å²) in [5.74, 6) is 1.53. The second-order valence-electron chi connectivity index (χ2n) is 3.29. The molecule has 0 spiro atoms. The molecule has 0 rings (SSSR count). The maximum Gasteiger partial charge on any atom is 0.0251 e. The molecule has 0 aromatic heterocycles. The topological polar surface area (TPSA) is 0 Å². The Bertz CT molecular complexity index is 108. The van der Waals surface area contributed by atoms with E-state index in [0.717, 1.165) is 5.88 Å². The Labute approximate surface area is 75.6 Å². The van der Waals surface area contributed by atoms with Crippen LogP contribution < -0.4 is 0 Å². The summed E-state index contributed by atoms with van der Waals surface area (Å²) in [6, 6.07) is 0. The van der Waals surface area contributed by atoms with Gasteiger partial charge in [0.25, 0.3) is 0 Å². The van der Waals surface area contributed by atoms with Crippen molar-refractivity contribution in [3.8, 4) is 0 Å². The Kier molecular flexibility index (Phi) is 6.74. The Balaban J connectivity index is 3.43. The summed E-state index contributed by atoms with van der Waals surface area (Å²) < 4.78 is 0. The fourth-order valence-corrected chi connectivity index (χ4v) is 1.37. The monoisotopic (exact) mass is 174 g/mol. The number of rotatable bonds is 5. The number of alkyl halides is 1. The van der Waals surface area contributed by atoms with Gasteiger partial charge < -0.3 is 0 Å². The van der Waals surface area contributed by atoms with Gasteiger partial charge in [-0.1, -0.05) is 25.0 Å². The zero-order chi connectivity index (χ0) is 8.69. The van der Waals surface area contributed by atoms with Crippen LogP contribution in [0, 0.1) is 5.92 Å². The zero-order valence-corrected chi connectivity index (χ0v) is 8.62. The molecule has 0 N–H and O–H groups in total. The number of hydrogen-bond acceptors (Lipinski definition) is 0. The molecule has 1 heteroatoms. The molecular weight excluding hydrogens is 156 g/mol. The van der Waals surface area contributed by atoms with Gasteiger partial charge in [0.1, 0.15) is 0 Å². The van der Waals surface area contributed by atoms with Crippen LogP contribution in [-0.2, 0) is 0 Å². The minimum absolute atomic E-state index is 0.715. The van der Waals surface area contributed by atoms with Crippen molar-refractivity contribution in [3.63, 3.8) is 0 Å². The van der Waals surface area contributed by atoms with Gasteiger partial charge in [0, 0.05) is 5.88 Å². The first-order valence-electron chi connectivity index (χ1n) is 4.40. The van der Waals surface area contributed by atoms with Gasteiger partial charge in [-0.3, -0.25) is 0 Å². The van der Waals surface area contributed by atoms with E-state index in [4.69, 9.17) is 11.6 Å². The van der Waals surface area contributed by atoms with Gasteiger partial charge in [-0.25, -0.2) is 0 Å². The molecule has 0 amide bonds. The van der Waals surface area contributed by atoms with E-state index in [0.29, 0.717) is 5.92 Å². The van der Waals surface area contributed by atoms with Crippen LogP contribution in [0.3, 0.4) is 0 Å². The van der Waals surface area contributed by atoms with Crippen LogP contribution in [-0.4, -0.2) is 5.88 Å². The van der Waals surface area contributed by atoms with Crippen LogP contribution in [0.2, 0.25) is 0 Å². The first-order valence-corrected chi connectivity index (χ1v) is 4.93. The molecule has 11 heavy (non-hydrogen) atoms. The summed E-state index contributed by atoms with van der Waals surface area (Å²) in [6.45, 7) is 6.48. The molecule has 1 unspecified atom stereocenters. The lowest BCUT2D eigenvalue weighted by atomic mass is 10.0. The van der Waals surface area contributed by atoms with Gasteiger partial charge in [-0.2, -0.15) is 0 Å². The van der Waals surface area contributed by atoms with Crippen molar-refractivity contribution in [2.75, 3.05) is 5.88 Å². The molecule has 0 aliphatic heterocycles.